The maximum atomic E-state index is 13.0. The first-order chi connectivity index (χ1) is 9.90. The zero-order chi connectivity index (χ0) is 15.2. The normalized spacial score (nSPS) is 29.0. The first kappa shape index (κ1) is 14.8. The highest BCUT2D eigenvalue weighted by Gasteiger charge is 2.53. The molecule has 2 aliphatic rings. The van der Waals surface area contributed by atoms with Gasteiger partial charge < -0.3 is 10.0 Å². The summed E-state index contributed by atoms with van der Waals surface area (Å²) in [6, 6.07) is 4.07. The van der Waals surface area contributed by atoms with Crippen molar-refractivity contribution in [2.45, 2.75) is 31.8 Å². The van der Waals surface area contributed by atoms with E-state index >= 15 is 0 Å². The second kappa shape index (κ2) is 5.25. The molecule has 2 fully saturated rings. The standard InChI is InChI=1S/C16H19ClFNO2/c1-10-8-19(9-16(10,21)12-3-4-12)15(20)6-11-2-5-13(18)7-14(11)17/h2,5,7,10,12,21H,3-4,6,8-9H2,1H3. The summed E-state index contributed by atoms with van der Waals surface area (Å²) in [5.41, 5.74) is -0.111. The van der Waals surface area contributed by atoms with Gasteiger partial charge >= 0.3 is 0 Å². The Morgan fingerprint density at radius 1 is 1.52 bits per heavy atom. The van der Waals surface area contributed by atoms with E-state index in [1.54, 1.807) is 11.0 Å². The van der Waals surface area contributed by atoms with Crippen LogP contribution < -0.4 is 0 Å². The van der Waals surface area contributed by atoms with Crippen LogP contribution >= 0.6 is 11.6 Å². The molecule has 0 spiro atoms. The summed E-state index contributed by atoms with van der Waals surface area (Å²) in [7, 11) is 0. The lowest BCUT2D eigenvalue weighted by atomic mass is 9.88. The minimum absolute atomic E-state index is 0.0630. The molecule has 3 nitrogen and oxygen atoms in total. The van der Waals surface area contributed by atoms with Crippen molar-refractivity contribution in [3.05, 3.63) is 34.6 Å². The monoisotopic (exact) mass is 311 g/mol. The maximum absolute atomic E-state index is 13.0. The van der Waals surface area contributed by atoms with Crippen molar-refractivity contribution in [1.82, 2.24) is 4.90 Å². The second-order valence-electron chi connectivity index (χ2n) is 6.35. The van der Waals surface area contributed by atoms with Gasteiger partial charge in [-0.05, 0) is 36.5 Å². The van der Waals surface area contributed by atoms with E-state index in [1.165, 1.54) is 12.1 Å². The number of hydrogen-bond acceptors (Lipinski definition) is 2. The quantitative estimate of drug-likeness (QED) is 0.932. The molecule has 2 unspecified atom stereocenters. The molecule has 1 aromatic carbocycles. The molecule has 1 saturated heterocycles. The lowest BCUT2D eigenvalue weighted by molar-refractivity contribution is -0.130. The number of carbonyl (C=O) groups excluding carboxylic acids is 1. The predicted molar refractivity (Wildman–Crippen MR) is 78.5 cm³/mol. The Balaban J connectivity index is 1.69. The molecule has 1 amide bonds. The minimum Gasteiger partial charge on any atom is -0.387 e. The van der Waals surface area contributed by atoms with Crippen LogP contribution in [0.2, 0.25) is 5.02 Å². The first-order valence-electron chi connectivity index (χ1n) is 7.34. The van der Waals surface area contributed by atoms with Crippen molar-refractivity contribution in [3.8, 4) is 0 Å². The van der Waals surface area contributed by atoms with Crippen LogP contribution in [0, 0.1) is 17.7 Å². The van der Waals surface area contributed by atoms with E-state index in [0.717, 1.165) is 12.8 Å². The van der Waals surface area contributed by atoms with Gasteiger partial charge in [-0.25, -0.2) is 4.39 Å². The molecule has 1 heterocycles. The van der Waals surface area contributed by atoms with Crippen molar-refractivity contribution in [2.75, 3.05) is 13.1 Å². The van der Waals surface area contributed by atoms with Gasteiger partial charge in [-0.3, -0.25) is 4.79 Å². The van der Waals surface area contributed by atoms with E-state index in [0.29, 0.717) is 24.6 Å². The Kier molecular flexibility index (Phi) is 3.70. The largest absolute Gasteiger partial charge is 0.387 e. The predicted octanol–water partition coefficient (Wildman–Crippen LogP) is 2.64. The number of β-amino-alcohol motifs (C(OH)–C–C–N with tert-alkyl or cyclic N) is 1. The smallest absolute Gasteiger partial charge is 0.227 e. The fraction of sp³-hybridized carbons (Fsp3) is 0.562. The molecule has 1 aliphatic carbocycles. The number of likely N-dealkylation sites (tertiary alicyclic amines) is 1. The van der Waals surface area contributed by atoms with Gasteiger partial charge in [-0.2, -0.15) is 0 Å². The summed E-state index contributed by atoms with van der Waals surface area (Å²) in [5.74, 6) is -0.0432. The van der Waals surface area contributed by atoms with E-state index in [2.05, 4.69) is 0 Å². The second-order valence-corrected chi connectivity index (χ2v) is 6.76. The van der Waals surface area contributed by atoms with Crippen molar-refractivity contribution < 1.29 is 14.3 Å². The van der Waals surface area contributed by atoms with Crippen LogP contribution in [0.15, 0.2) is 18.2 Å². The van der Waals surface area contributed by atoms with Crippen molar-refractivity contribution in [3.63, 3.8) is 0 Å². The van der Waals surface area contributed by atoms with Gasteiger partial charge in [0.25, 0.3) is 0 Å². The topological polar surface area (TPSA) is 40.5 Å². The average Bonchev–Trinajstić information content (AvgIpc) is 3.21. The molecule has 0 radical (unpaired) electrons. The molecule has 21 heavy (non-hydrogen) atoms. The van der Waals surface area contributed by atoms with Crippen LogP contribution in [0.3, 0.4) is 0 Å². The third-order valence-corrected chi connectivity index (χ3v) is 5.14. The molecular formula is C16H19ClFNO2. The SMILES string of the molecule is CC1CN(C(=O)Cc2ccc(F)cc2Cl)CC1(O)C1CC1. The molecule has 5 heteroatoms. The Morgan fingerprint density at radius 2 is 2.24 bits per heavy atom. The van der Waals surface area contributed by atoms with Gasteiger partial charge in [0.05, 0.1) is 12.0 Å². The highest BCUT2D eigenvalue weighted by Crippen LogP contribution is 2.47. The average molecular weight is 312 g/mol. The summed E-state index contributed by atoms with van der Waals surface area (Å²) in [6.45, 7) is 2.97. The Hall–Kier alpha value is -1.13. The summed E-state index contributed by atoms with van der Waals surface area (Å²) < 4.78 is 13.0. The van der Waals surface area contributed by atoms with Crippen LogP contribution in [0.25, 0.3) is 0 Å². The van der Waals surface area contributed by atoms with Crippen LogP contribution in [0.4, 0.5) is 4.39 Å². The van der Waals surface area contributed by atoms with Gasteiger partial charge in [-0.1, -0.05) is 24.6 Å². The van der Waals surface area contributed by atoms with Crippen molar-refractivity contribution >= 4 is 17.5 Å². The fourth-order valence-corrected chi connectivity index (χ4v) is 3.49. The molecule has 2 atom stereocenters. The lowest BCUT2D eigenvalue weighted by Gasteiger charge is -2.26. The van der Waals surface area contributed by atoms with Gasteiger partial charge in [-0.15, -0.1) is 0 Å². The number of carbonyl (C=O) groups is 1. The summed E-state index contributed by atoms with van der Waals surface area (Å²) in [5, 5.41) is 11.0. The van der Waals surface area contributed by atoms with Crippen LogP contribution in [-0.2, 0) is 11.2 Å². The number of amides is 1. The summed E-state index contributed by atoms with van der Waals surface area (Å²) in [6.07, 6.45) is 2.24. The van der Waals surface area contributed by atoms with Crippen molar-refractivity contribution in [2.24, 2.45) is 11.8 Å². The molecule has 3 rings (SSSR count). The molecule has 1 aromatic rings. The number of rotatable bonds is 3. The van der Waals surface area contributed by atoms with E-state index < -0.39 is 11.4 Å². The molecule has 1 saturated carbocycles. The third kappa shape index (κ3) is 2.79. The van der Waals surface area contributed by atoms with Gasteiger partial charge in [0, 0.05) is 24.0 Å². The van der Waals surface area contributed by atoms with E-state index in [1.807, 2.05) is 6.92 Å². The fourth-order valence-electron chi connectivity index (χ4n) is 3.26. The minimum atomic E-state index is -0.734. The summed E-state index contributed by atoms with van der Waals surface area (Å²) >= 11 is 5.97. The van der Waals surface area contributed by atoms with E-state index in [4.69, 9.17) is 11.6 Å². The Labute approximate surface area is 128 Å². The molecule has 1 N–H and O–H groups in total. The molecule has 0 aromatic heterocycles. The number of nitrogens with zero attached hydrogens (tertiary/aromatic N) is 1. The molecule has 1 aliphatic heterocycles. The van der Waals surface area contributed by atoms with Crippen LogP contribution in [0.5, 0.6) is 0 Å². The number of halogens is 2. The summed E-state index contributed by atoms with van der Waals surface area (Å²) in [4.78, 5) is 14.1. The maximum Gasteiger partial charge on any atom is 0.227 e. The molecule has 114 valence electrons. The van der Waals surface area contributed by atoms with Crippen LogP contribution in [0.1, 0.15) is 25.3 Å². The highest BCUT2D eigenvalue weighted by molar-refractivity contribution is 6.31. The number of hydrogen-bond donors (Lipinski definition) is 1. The van der Waals surface area contributed by atoms with Crippen LogP contribution in [-0.4, -0.2) is 34.6 Å². The Bertz CT molecular complexity index is 575. The Morgan fingerprint density at radius 3 is 2.86 bits per heavy atom. The first-order valence-corrected chi connectivity index (χ1v) is 7.72. The lowest BCUT2D eigenvalue weighted by Crippen LogP contribution is -2.40. The van der Waals surface area contributed by atoms with Gasteiger partial charge in [0.15, 0.2) is 0 Å². The zero-order valence-electron chi connectivity index (χ0n) is 12.0. The number of aliphatic hydroxyl groups is 1. The van der Waals surface area contributed by atoms with E-state index in [-0.39, 0.29) is 23.3 Å². The van der Waals surface area contributed by atoms with Crippen molar-refractivity contribution in [1.29, 1.82) is 0 Å². The molecular weight excluding hydrogens is 293 g/mol. The highest BCUT2D eigenvalue weighted by atomic mass is 35.5. The zero-order valence-corrected chi connectivity index (χ0v) is 12.7. The van der Waals surface area contributed by atoms with Gasteiger partial charge in [0.2, 0.25) is 5.91 Å². The molecule has 0 bridgehead atoms. The van der Waals surface area contributed by atoms with E-state index in [9.17, 15) is 14.3 Å². The number of benzene rings is 1. The third-order valence-electron chi connectivity index (χ3n) is 4.79. The van der Waals surface area contributed by atoms with Gasteiger partial charge in [0.1, 0.15) is 5.82 Å².